The zero-order chi connectivity index (χ0) is 13.9. The predicted octanol–water partition coefficient (Wildman–Crippen LogP) is 3.89. The van der Waals surface area contributed by atoms with Gasteiger partial charge in [0.15, 0.2) is 0 Å². The zero-order valence-corrected chi connectivity index (χ0v) is 11.7. The average molecular weight is 283 g/mol. The number of nitrogen functional groups attached to an aromatic ring is 1. The van der Waals surface area contributed by atoms with Crippen molar-refractivity contribution < 1.29 is 4.74 Å². The summed E-state index contributed by atoms with van der Waals surface area (Å²) in [5.74, 6) is 1.29. The molecular weight excluding hydrogens is 270 g/mol. The van der Waals surface area contributed by atoms with Crippen molar-refractivity contribution in [3.8, 4) is 22.1 Å². The van der Waals surface area contributed by atoms with Gasteiger partial charge in [-0.3, -0.25) is 4.98 Å². The van der Waals surface area contributed by atoms with E-state index in [9.17, 15) is 0 Å². The highest BCUT2D eigenvalue weighted by Gasteiger charge is 2.03. The number of rotatable bonds is 3. The molecule has 0 aliphatic heterocycles. The van der Waals surface area contributed by atoms with E-state index in [1.54, 1.807) is 23.5 Å². The average Bonchev–Trinajstić information content (AvgIpc) is 2.98. The first-order valence-corrected chi connectivity index (χ1v) is 7.00. The summed E-state index contributed by atoms with van der Waals surface area (Å²) < 4.78 is 5.71. The van der Waals surface area contributed by atoms with Crippen LogP contribution in [0.2, 0.25) is 0 Å². The van der Waals surface area contributed by atoms with Gasteiger partial charge < -0.3 is 10.5 Å². The van der Waals surface area contributed by atoms with E-state index in [1.165, 1.54) is 0 Å². The fourth-order valence-electron chi connectivity index (χ4n) is 1.77. The Hall–Kier alpha value is -2.40. The predicted molar refractivity (Wildman–Crippen MR) is 81.0 cm³/mol. The van der Waals surface area contributed by atoms with E-state index >= 15 is 0 Å². The van der Waals surface area contributed by atoms with Gasteiger partial charge in [0, 0.05) is 12.3 Å². The highest BCUT2D eigenvalue weighted by Crippen LogP contribution is 2.27. The maximum absolute atomic E-state index is 5.73. The third-order valence-electron chi connectivity index (χ3n) is 2.89. The lowest BCUT2D eigenvalue weighted by atomic mass is 10.2. The van der Waals surface area contributed by atoms with Crippen LogP contribution in [0.25, 0.3) is 10.4 Å². The maximum atomic E-state index is 5.73. The molecule has 0 amide bonds. The number of anilines is 1. The van der Waals surface area contributed by atoms with Crippen molar-refractivity contribution in [3.63, 3.8) is 0 Å². The second-order valence-electron chi connectivity index (χ2n) is 4.32. The molecule has 0 saturated carbocycles. The quantitative estimate of drug-likeness (QED) is 0.792. The molecule has 0 aliphatic carbocycles. The third-order valence-corrected chi connectivity index (χ3v) is 3.72. The monoisotopic (exact) mass is 283 g/mol. The summed E-state index contributed by atoms with van der Waals surface area (Å²) in [4.78, 5) is 9.49. The molecule has 0 unspecified atom stereocenters. The van der Waals surface area contributed by atoms with Crippen LogP contribution in [0, 0.1) is 6.92 Å². The van der Waals surface area contributed by atoms with Crippen LogP contribution in [0.3, 0.4) is 0 Å². The van der Waals surface area contributed by atoms with Crippen molar-refractivity contribution in [2.45, 2.75) is 6.92 Å². The van der Waals surface area contributed by atoms with Gasteiger partial charge in [0.05, 0.1) is 21.8 Å². The van der Waals surface area contributed by atoms with Crippen molar-refractivity contribution >= 4 is 17.0 Å². The smallest absolute Gasteiger partial charge is 0.219 e. The SMILES string of the molecule is Cc1nc(Oc2ccc(-c3cncs3)cc2)ccc1N. The molecule has 1 aromatic carbocycles. The van der Waals surface area contributed by atoms with Crippen molar-refractivity contribution in [2.24, 2.45) is 0 Å². The standard InChI is InChI=1S/C15H13N3OS/c1-10-13(16)6-7-15(18-10)19-12-4-2-11(3-5-12)14-8-17-9-20-14/h2-9H,16H2,1H3. The van der Waals surface area contributed by atoms with Crippen LogP contribution < -0.4 is 10.5 Å². The van der Waals surface area contributed by atoms with Crippen LogP contribution in [-0.2, 0) is 0 Å². The molecule has 2 N–H and O–H groups in total. The van der Waals surface area contributed by atoms with Gasteiger partial charge in [-0.15, -0.1) is 11.3 Å². The molecule has 3 rings (SSSR count). The third kappa shape index (κ3) is 2.62. The maximum Gasteiger partial charge on any atom is 0.219 e. The van der Waals surface area contributed by atoms with Gasteiger partial charge in [-0.2, -0.15) is 0 Å². The first-order valence-electron chi connectivity index (χ1n) is 6.12. The summed E-state index contributed by atoms with van der Waals surface area (Å²) in [5.41, 5.74) is 10.1. The van der Waals surface area contributed by atoms with E-state index in [1.807, 2.05) is 42.9 Å². The fourth-order valence-corrected chi connectivity index (χ4v) is 2.40. The highest BCUT2D eigenvalue weighted by molar-refractivity contribution is 7.13. The Morgan fingerprint density at radius 3 is 2.55 bits per heavy atom. The molecule has 4 nitrogen and oxygen atoms in total. The summed E-state index contributed by atoms with van der Waals surface area (Å²) in [5, 5.41) is 0. The Balaban J connectivity index is 1.79. The van der Waals surface area contributed by atoms with Gasteiger partial charge in [-0.1, -0.05) is 0 Å². The van der Waals surface area contributed by atoms with Crippen LogP contribution in [0.15, 0.2) is 48.1 Å². The van der Waals surface area contributed by atoms with Gasteiger partial charge in [0.1, 0.15) is 5.75 Å². The van der Waals surface area contributed by atoms with Gasteiger partial charge >= 0.3 is 0 Å². The van der Waals surface area contributed by atoms with Crippen LogP contribution >= 0.6 is 11.3 Å². The highest BCUT2D eigenvalue weighted by atomic mass is 32.1. The number of benzene rings is 1. The molecule has 20 heavy (non-hydrogen) atoms. The number of aryl methyl sites for hydroxylation is 1. The number of nitrogens with two attached hydrogens (primary N) is 1. The molecule has 100 valence electrons. The van der Waals surface area contributed by atoms with Crippen LogP contribution in [0.5, 0.6) is 11.6 Å². The molecule has 5 heteroatoms. The van der Waals surface area contributed by atoms with E-state index in [4.69, 9.17) is 10.5 Å². The van der Waals surface area contributed by atoms with E-state index in [0.717, 1.165) is 21.9 Å². The van der Waals surface area contributed by atoms with Gasteiger partial charge in [0.2, 0.25) is 5.88 Å². The lowest BCUT2D eigenvalue weighted by molar-refractivity contribution is 0.462. The van der Waals surface area contributed by atoms with Gasteiger partial charge in [-0.25, -0.2) is 4.98 Å². The fraction of sp³-hybridized carbons (Fsp3) is 0.0667. The lowest BCUT2D eigenvalue weighted by Gasteiger charge is -2.07. The number of aromatic nitrogens is 2. The largest absolute Gasteiger partial charge is 0.439 e. The molecule has 3 aromatic rings. The minimum Gasteiger partial charge on any atom is -0.439 e. The van der Waals surface area contributed by atoms with Crippen molar-refractivity contribution in [1.29, 1.82) is 0 Å². The number of hydrogen-bond donors (Lipinski definition) is 1. The first kappa shape index (κ1) is 12.6. The van der Waals surface area contributed by atoms with E-state index < -0.39 is 0 Å². The van der Waals surface area contributed by atoms with Crippen LogP contribution in [0.1, 0.15) is 5.69 Å². The molecule has 2 heterocycles. The number of nitrogens with zero attached hydrogens (tertiary/aromatic N) is 2. The Labute approximate surface area is 120 Å². The molecule has 0 radical (unpaired) electrons. The summed E-state index contributed by atoms with van der Waals surface area (Å²) in [7, 11) is 0. The molecule has 0 aliphatic rings. The number of thiazole rings is 1. The minimum atomic E-state index is 0.544. The van der Waals surface area contributed by atoms with Crippen LogP contribution in [-0.4, -0.2) is 9.97 Å². The Morgan fingerprint density at radius 1 is 1.10 bits per heavy atom. The van der Waals surface area contributed by atoms with Gasteiger partial charge in [0.25, 0.3) is 0 Å². The van der Waals surface area contributed by atoms with E-state index in [-0.39, 0.29) is 0 Å². The van der Waals surface area contributed by atoms with Crippen LogP contribution in [0.4, 0.5) is 5.69 Å². The summed E-state index contributed by atoms with van der Waals surface area (Å²) in [6.07, 6.45) is 1.85. The molecule has 0 atom stereocenters. The number of hydrogen-bond acceptors (Lipinski definition) is 5. The van der Waals surface area contributed by atoms with E-state index in [2.05, 4.69) is 9.97 Å². The van der Waals surface area contributed by atoms with Gasteiger partial charge in [-0.05, 0) is 42.8 Å². The summed E-state index contributed by atoms with van der Waals surface area (Å²) in [6.45, 7) is 1.86. The molecule has 0 spiro atoms. The second kappa shape index (κ2) is 5.30. The minimum absolute atomic E-state index is 0.544. The lowest BCUT2D eigenvalue weighted by Crippen LogP contribution is -1.95. The van der Waals surface area contributed by atoms with Crippen molar-refractivity contribution in [2.75, 3.05) is 5.73 Å². The number of ether oxygens (including phenoxy) is 1. The van der Waals surface area contributed by atoms with Crippen molar-refractivity contribution in [1.82, 2.24) is 9.97 Å². The topological polar surface area (TPSA) is 61.0 Å². The Bertz CT molecular complexity index is 708. The zero-order valence-electron chi connectivity index (χ0n) is 10.9. The molecule has 0 fully saturated rings. The first-order chi connectivity index (χ1) is 9.72. The number of pyridine rings is 1. The summed E-state index contributed by atoms with van der Waals surface area (Å²) >= 11 is 1.61. The molecule has 0 saturated heterocycles. The second-order valence-corrected chi connectivity index (χ2v) is 5.20. The Morgan fingerprint density at radius 2 is 1.90 bits per heavy atom. The Kier molecular flexibility index (Phi) is 3.35. The normalized spacial score (nSPS) is 10.4. The van der Waals surface area contributed by atoms with E-state index in [0.29, 0.717) is 11.6 Å². The summed E-state index contributed by atoms with van der Waals surface area (Å²) in [6, 6.07) is 11.4. The molecule has 2 aromatic heterocycles. The molecule has 0 bridgehead atoms. The molecular formula is C15H13N3OS. The van der Waals surface area contributed by atoms with Crippen molar-refractivity contribution in [3.05, 3.63) is 53.8 Å².